The van der Waals surface area contributed by atoms with Gasteiger partial charge in [0, 0.05) is 17.3 Å². The molecule has 144 valence electrons. The molecule has 0 aliphatic heterocycles. The van der Waals surface area contributed by atoms with Gasteiger partial charge in [0.05, 0.1) is 23.0 Å². The highest BCUT2D eigenvalue weighted by Gasteiger charge is 2.30. The van der Waals surface area contributed by atoms with Crippen LogP contribution < -0.4 is 10.0 Å². The van der Waals surface area contributed by atoms with E-state index in [1.54, 1.807) is 12.1 Å². The van der Waals surface area contributed by atoms with Crippen LogP contribution in [0.4, 0.5) is 18.9 Å². The summed E-state index contributed by atoms with van der Waals surface area (Å²) >= 11 is -1.44. The molecule has 4 nitrogen and oxygen atoms in total. The number of anilines is 1. The van der Waals surface area contributed by atoms with Gasteiger partial charge in [0.1, 0.15) is 0 Å². The molecule has 0 spiro atoms. The van der Waals surface area contributed by atoms with Gasteiger partial charge in [-0.1, -0.05) is 25.0 Å². The quantitative estimate of drug-likeness (QED) is 0.731. The second-order valence-electron chi connectivity index (χ2n) is 6.43. The Morgan fingerprint density at radius 3 is 2.48 bits per heavy atom. The van der Waals surface area contributed by atoms with Gasteiger partial charge in [-0.2, -0.15) is 13.2 Å². The number of benzene rings is 2. The van der Waals surface area contributed by atoms with Crippen LogP contribution in [0.25, 0.3) is 0 Å². The monoisotopic (exact) mass is 396 g/mol. The highest BCUT2D eigenvalue weighted by molar-refractivity contribution is 7.89. The van der Waals surface area contributed by atoms with Crippen molar-refractivity contribution in [1.82, 2.24) is 4.72 Å². The minimum Gasteiger partial charge on any atom is -0.593 e. The van der Waals surface area contributed by atoms with Crippen LogP contribution in [0.15, 0.2) is 53.4 Å². The van der Waals surface area contributed by atoms with Crippen LogP contribution in [0.1, 0.15) is 41.6 Å². The molecule has 0 heterocycles. The summed E-state index contributed by atoms with van der Waals surface area (Å²) in [5.41, 5.74) is -0.562. The van der Waals surface area contributed by atoms with Gasteiger partial charge in [0.25, 0.3) is 5.91 Å². The Labute approximate surface area is 158 Å². The predicted octanol–water partition coefficient (Wildman–Crippen LogP) is 4.51. The van der Waals surface area contributed by atoms with Crippen LogP contribution in [0.5, 0.6) is 0 Å². The maximum atomic E-state index is 12.8. The van der Waals surface area contributed by atoms with Gasteiger partial charge in [-0.15, -0.1) is 4.72 Å². The average molecular weight is 396 g/mol. The first-order valence-corrected chi connectivity index (χ1v) is 9.74. The second-order valence-corrected chi connectivity index (χ2v) is 7.67. The molecule has 2 N–H and O–H groups in total. The second kappa shape index (κ2) is 8.33. The van der Waals surface area contributed by atoms with Gasteiger partial charge in [0.15, 0.2) is 4.90 Å². The number of carbonyl (C=O) groups excluding carboxylic acids is 1. The van der Waals surface area contributed by atoms with E-state index in [0.29, 0.717) is 4.90 Å². The van der Waals surface area contributed by atoms with E-state index in [1.807, 2.05) is 0 Å². The average Bonchev–Trinajstić information content (AvgIpc) is 3.14. The third-order valence-electron chi connectivity index (χ3n) is 4.39. The van der Waals surface area contributed by atoms with Crippen molar-refractivity contribution in [2.45, 2.75) is 42.8 Å². The zero-order chi connectivity index (χ0) is 19.4. The van der Waals surface area contributed by atoms with Crippen LogP contribution in [-0.4, -0.2) is 16.5 Å². The maximum Gasteiger partial charge on any atom is 0.416 e. The summed E-state index contributed by atoms with van der Waals surface area (Å²) in [6, 6.07) is 10.9. The molecule has 0 aromatic heterocycles. The van der Waals surface area contributed by atoms with Crippen molar-refractivity contribution in [3.63, 3.8) is 0 Å². The molecular formula is C19H19F3N2O2S. The minimum absolute atomic E-state index is 0.0467. The van der Waals surface area contributed by atoms with E-state index >= 15 is 0 Å². The van der Waals surface area contributed by atoms with E-state index in [2.05, 4.69) is 10.0 Å². The summed E-state index contributed by atoms with van der Waals surface area (Å²) < 4.78 is 53.8. The molecule has 1 aliphatic carbocycles. The van der Waals surface area contributed by atoms with Crippen molar-refractivity contribution in [2.75, 3.05) is 5.32 Å². The summed E-state index contributed by atoms with van der Waals surface area (Å²) in [5.74, 6) is -0.561. The Kier molecular flexibility index (Phi) is 6.08. The lowest BCUT2D eigenvalue weighted by molar-refractivity contribution is -0.137. The molecule has 2 aromatic carbocycles. The van der Waals surface area contributed by atoms with Crippen molar-refractivity contribution < 1.29 is 22.5 Å². The Hall–Kier alpha value is -2.03. The molecule has 0 radical (unpaired) electrons. The molecular weight excluding hydrogens is 377 g/mol. The first kappa shape index (κ1) is 19.7. The Bertz CT molecular complexity index is 808. The van der Waals surface area contributed by atoms with Crippen LogP contribution in [-0.2, 0) is 17.5 Å². The Morgan fingerprint density at radius 2 is 1.78 bits per heavy atom. The highest BCUT2D eigenvalue weighted by Crippen LogP contribution is 2.30. The summed E-state index contributed by atoms with van der Waals surface area (Å²) in [4.78, 5) is 12.8. The molecule has 1 amide bonds. The summed E-state index contributed by atoms with van der Waals surface area (Å²) in [7, 11) is 0. The van der Waals surface area contributed by atoms with E-state index in [1.165, 1.54) is 24.3 Å². The molecule has 1 unspecified atom stereocenters. The molecule has 2 aromatic rings. The molecule has 1 atom stereocenters. The minimum atomic E-state index is -4.48. The van der Waals surface area contributed by atoms with E-state index in [4.69, 9.17) is 0 Å². The fourth-order valence-corrected chi connectivity index (χ4v) is 4.10. The number of carbonyl (C=O) groups is 1. The van der Waals surface area contributed by atoms with Crippen LogP contribution in [0, 0.1) is 0 Å². The molecule has 27 heavy (non-hydrogen) atoms. The van der Waals surface area contributed by atoms with Crippen LogP contribution >= 0.6 is 0 Å². The lowest BCUT2D eigenvalue weighted by Crippen LogP contribution is -2.32. The van der Waals surface area contributed by atoms with Crippen molar-refractivity contribution >= 4 is 23.0 Å². The van der Waals surface area contributed by atoms with Crippen LogP contribution in [0.3, 0.4) is 0 Å². The van der Waals surface area contributed by atoms with Crippen molar-refractivity contribution in [3.05, 3.63) is 59.7 Å². The smallest absolute Gasteiger partial charge is 0.416 e. The van der Waals surface area contributed by atoms with E-state index in [0.717, 1.165) is 37.8 Å². The Morgan fingerprint density at radius 1 is 1.07 bits per heavy atom. The number of nitrogens with one attached hydrogen (secondary N) is 2. The molecule has 1 fully saturated rings. The van der Waals surface area contributed by atoms with E-state index < -0.39 is 29.0 Å². The topological polar surface area (TPSA) is 64.2 Å². The summed E-state index contributed by atoms with van der Waals surface area (Å²) in [5, 5.41) is 2.45. The molecule has 0 saturated heterocycles. The van der Waals surface area contributed by atoms with Gasteiger partial charge < -0.3 is 9.87 Å². The first-order valence-electron chi connectivity index (χ1n) is 8.59. The van der Waals surface area contributed by atoms with Crippen molar-refractivity contribution in [2.24, 2.45) is 0 Å². The van der Waals surface area contributed by atoms with Crippen molar-refractivity contribution in [3.8, 4) is 0 Å². The number of hydrogen-bond donors (Lipinski definition) is 2. The molecule has 8 heteroatoms. The van der Waals surface area contributed by atoms with Gasteiger partial charge in [-0.25, -0.2) is 0 Å². The van der Waals surface area contributed by atoms with Crippen molar-refractivity contribution in [1.29, 1.82) is 0 Å². The maximum absolute atomic E-state index is 12.8. The summed E-state index contributed by atoms with van der Waals surface area (Å²) in [6.07, 6.45) is -0.324. The molecule has 1 aliphatic rings. The zero-order valence-corrected chi connectivity index (χ0v) is 15.2. The lowest BCUT2D eigenvalue weighted by atomic mass is 10.1. The standard InChI is InChI=1S/C19H19F3N2O2S/c20-19(21,22)14-6-4-9-16(12-14)23-18(25)13-5-3-10-17(11-13)27(26)24-15-7-1-2-8-15/h3-6,9-12,15,24H,1-2,7-8H2,(H,23,25). The molecule has 3 rings (SSSR count). The number of amides is 1. The third kappa shape index (κ3) is 5.24. The number of halogens is 3. The highest BCUT2D eigenvalue weighted by atomic mass is 32.2. The van der Waals surface area contributed by atoms with Gasteiger partial charge in [0.2, 0.25) is 0 Å². The summed E-state index contributed by atoms with van der Waals surface area (Å²) in [6.45, 7) is 0. The fourth-order valence-electron chi connectivity index (χ4n) is 2.99. The third-order valence-corrected chi connectivity index (χ3v) is 5.62. The molecule has 1 saturated carbocycles. The molecule has 0 bridgehead atoms. The van der Waals surface area contributed by atoms with Gasteiger partial charge in [-0.05, 0) is 43.2 Å². The number of rotatable bonds is 5. The predicted molar refractivity (Wildman–Crippen MR) is 97.6 cm³/mol. The first-order chi connectivity index (χ1) is 12.8. The SMILES string of the molecule is O=C(Nc1cccc(C(F)(F)F)c1)c1cccc([S+]([O-])NC2CCCC2)c1. The largest absolute Gasteiger partial charge is 0.593 e. The number of alkyl halides is 3. The zero-order valence-electron chi connectivity index (χ0n) is 14.4. The van der Waals surface area contributed by atoms with Gasteiger partial charge >= 0.3 is 6.18 Å². The fraction of sp³-hybridized carbons (Fsp3) is 0.316. The van der Waals surface area contributed by atoms with E-state index in [-0.39, 0.29) is 17.3 Å². The van der Waals surface area contributed by atoms with Gasteiger partial charge in [-0.3, -0.25) is 4.79 Å². The normalized spacial score (nSPS) is 16.3. The van der Waals surface area contributed by atoms with Crippen LogP contribution in [0.2, 0.25) is 0 Å². The van der Waals surface area contributed by atoms with E-state index in [9.17, 15) is 22.5 Å². The lowest BCUT2D eigenvalue weighted by Gasteiger charge is -2.15. The Balaban J connectivity index is 1.70. The number of hydrogen-bond acceptors (Lipinski definition) is 3.